The van der Waals surface area contributed by atoms with Gasteiger partial charge < -0.3 is 14.4 Å². The lowest BCUT2D eigenvalue weighted by molar-refractivity contribution is -0.169. The molecule has 6 nitrogen and oxygen atoms in total. The van der Waals surface area contributed by atoms with Crippen molar-refractivity contribution < 1.29 is 14.6 Å². The highest BCUT2D eigenvalue weighted by Gasteiger charge is 2.46. The van der Waals surface area contributed by atoms with Crippen molar-refractivity contribution in [1.82, 2.24) is 14.5 Å². The van der Waals surface area contributed by atoms with Gasteiger partial charge >= 0.3 is 5.97 Å². The fraction of sp³-hybridized carbons (Fsp3) is 0.529. The van der Waals surface area contributed by atoms with Gasteiger partial charge in [0.25, 0.3) is 0 Å². The molecule has 0 spiro atoms. The monoisotopic (exact) mass is 347 g/mol. The van der Waals surface area contributed by atoms with Crippen LogP contribution in [0, 0.1) is 5.92 Å². The summed E-state index contributed by atoms with van der Waals surface area (Å²) >= 11 is 1.49. The van der Waals surface area contributed by atoms with Crippen LogP contribution in [0.25, 0.3) is 0 Å². The largest absolute Gasteiger partial charge is 0.459 e. The zero-order chi connectivity index (χ0) is 16.6. The van der Waals surface area contributed by atoms with Gasteiger partial charge in [-0.05, 0) is 48.7 Å². The number of rotatable bonds is 5. The second-order valence-corrected chi connectivity index (χ2v) is 7.36. The number of imidazole rings is 1. The van der Waals surface area contributed by atoms with E-state index in [0.29, 0.717) is 5.92 Å². The maximum absolute atomic E-state index is 13.2. The number of aliphatic hydroxyl groups excluding tert-OH is 1. The zero-order valence-electron chi connectivity index (χ0n) is 13.4. The zero-order valence-corrected chi connectivity index (χ0v) is 14.2. The Labute approximate surface area is 144 Å². The molecule has 1 N–H and O–H groups in total. The molecule has 0 aromatic carbocycles. The van der Waals surface area contributed by atoms with E-state index in [9.17, 15) is 9.90 Å². The predicted molar refractivity (Wildman–Crippen MR) is 89.8 cm³/mol. The van der Waals surface area contributed by atoms with Gasteiger partial charge in [0.05, 0.1) is 12.9 Å². The Balaban J connectivity index is 1.65. The molecule has 3 aliphatic heterocycles. The summed E-state index contributed by atoms with van der Waals surface area (Å²) in [6.45, 7) is 2.62. The molecule has 2 atom stereocenters. The van der Waals surface area contributed by atoms with E-state index in [1.54, 1.807) is 23.3 Å². The van der Waals surface area contributed by atoms with Crippen LogP contribution in [0.2, 0.25) is 0 Å². The number of carbonyl (C=O) groups is 1. The van der Waals surface area contributed by atoms with Crippen LogP contribution in [-0.4, -0.2) is 57.9 Å². The number of nitrogens with zero attached hydrogens (tertiary/aromatic N) is 3. The fourth-order valence-corrected chi connectivity index (χ4v) is 4.60. The molecule has 3 fully saturated rings. The van der Waals surface area contributed by atoms with E-state index in [2.05, 4.69) is 9.88 Å². The van der Waals surface area contributed by atoms with Gasteiger partial charge in [-0.2, -0.15) is 11.3 Å². The first kappa shape index (κ1) is 15.8. The predicted octanol–water partition coefficient (Wildman–Crippen LogP) is 1.32. The first-order valence-corrected chi connectivity index (χ1v) is 9.24. The number of aliphatic hydroxyl groups is 1. The third-order valence-electron chi connectivity index (χ3n) is 5.37. The van der Waals surface area contributed by atoms with Gasteiger partial charge in [-0.1, -0.05) is 0 Å². The van der Waals surface area contributed by atoms with E-state index in [1.807, 2.05) is 16.8 Å². The molecule has 0 radical (unpaired) electrons. The lowest BCUT2D eigenvalue weighted by Crippen LogP contribution is -2.55. The second-order valence-electron chi connectivity index (χ2n) is 6.58. The van der Waals surface area contributed by atoms with Gasteiger partial charge in [0.15, 0.2) is 5.54 Å². The van der Waals surface area contributed by atoms with E-state index in [-0.39, 0.29) is 12.7 Å². The van der Waals surface area contributed by atoms with Gasteiger partial charge in [0, 0.05) is 24.5 Å². The fourth-order valence-electron chi connectivity index (χ4n) is 3.87. The molecule has 0 aliphatic carbocycles. The van der Waals surface area contributed by atoms with Crippen molar-refractivity contribution in [2.75, 3.05) is 26.2 Å². The molecule has 2 bridgehead atoms. The minimum absolute atomic E-state index is 0.0897. The Kier molecular flexibility index (Phi) is 4.15. The average Bonchev–Trinajstić information content (AvgIpc) is 3.32. The first-order valence-electron chi connectivity index (χ1n) is 8.29. The van der Waals surface area contributed by atoms with Crippen LogP contribution in [0.4, 0.5) is 0 Å². The Morgan fingerprint density at radius 3 is 2.83 bits per heavy atom. The van der Waals surface area contributed by atoms with Crippen molar-refractivity contribution in [2.45, 2.75) is 24.5 Å². The summed E-state index contributed by atoms with van der Waals surface area (Å²) in [6, 6.07) is 1.86. The number of ether oxygens (including phenoxy) is 1. The first-order chi connectivity index (χ1) is 11.7. The molecule has 2 aromatic rings. The topological polar surface area (TPSA) is 67.6 Å². The summed E-state index contributed by atoms with van der Waals surface area (Å²) in [7, 11) is 0. The number of carbonyl (C=O) groups excluding carboxylic acids is 1. The third kappa shape index (κ3) is 2.47. The molecule has 5 rings (SSSR count). The second kappa shape index (κ2) is 6.31. The summed E-state index contributed by atoms with van der Waals surface area (Å²) in [6.07, 6.45) is 6.93. The summed E-state index contributed by atoms with van der Waals surface area (Å²) in [4.78, 5) is 19.6. The number of fused-ring (bicyclic) bond motifs is 3. The maximum Gasteiger partial charge on any atom is 0.339 e. The minimum Gasteiger partial charge on any atom is -0.459 e. The standard InChI is InChI=1S/C17H21N3O3S/c21-11-17(14-3-8-24-10-14,20-7-4-18-12-20)16(22)23-15-9-19-5-1-13(15)2-6-19/h3-4,7-8,10,12-13,15,21H,1-2,5-6,9,11H2/t15-,17+/m0/s1. The van der Waals surface area contributed by atoms with Crippen LogP contribution >= 0.6 is 11.3 Å². The quantitative estimate of drug-likeness (QED) is 0.826. The van der Waals surface area contributed by atoms with Gasteiger partial charge in [0.1, 0.15) is 6.10 Å². The molecule has 0 unspecified atom stereocenters. The van der Waals surface area contributed by atoms with Crippen LogP contribution in [-0.2, 0) is 15.1 Å². The van der Waals surface area contributed by atoms with Gasteiger partial charge in [0.2, 0.25) is 0 Å². The van der Waals surface area contributed by atoms with E-state index >= 15 is 0 Å². The van der Waals surface area contributed by atoms with Gasteiger partial charge in [-0.25, -0.2) is 9.78 Å². The molecule has 7 heteroatoms. The van der Waals surface area contributed by atoms with E-state index in [4.69, 9.17) is 4.74 Å². The van der Waals surface area contributed by atoms with Gasteiger partial charge in [-0.15, -0.1) is 0 Å². The van der Waals surface area contributed by atoms with Crippen LogP contribution < -0.4 is 0 Å². The molecular weight excluding hydrogens is 326 g/mol. The Bertz CT molecular complexity index is 644. The van der Waals surface area contributed by atoms with Gasteiger partial charge in [-0.3, -0.25) is 4.90 Å². The lowest BCUT2D eigenvalue weighted by atomic mass is 9.85. The molecule has 3 saturated heterocycles. The van der Waals surface area contributed by atoms with Crippen molar-refractivity contribution in [3.8, 4) is 0 Å². The third-order valence-corrected chi connectivity index (χ3v) is 6.05. The lowest BCUT2D eigenvalue weighted by Gasteiger charge is -2.45. The summed E-state index contributed by atoms with van der Waals surface area (Å²) in [5.74, 6) is 0.0285. The van der Waals surface area contributed by atoms with Crippen LogP contribution in [0.1, 0.15) is 18.4 Å². The maximum atomic E-state index is 13.2. The van der Waals surface area contributed by atoms with E-state index < -0.39 is 11.5 Å². The minimum atomic E-state index is -1.26. The highest BCUT2D eigenvalue weighted by molar-refractivity contribution is 7.08. The number of thiophene rings is 1. The Hall–Kier alpha value is -1.70. The smallest absolute Gasteiger partial charge is 0.339 e. The SMILES string of the molecule is O=C(O[C@H]1CN2CCC1CC2)[C@@](CO)(c1ccsc1)n1ccnc1. The van der Waals surface area contributed by atoms with Crippen LogP contribution in [0.5, 0.6) is 0 Å². The Morgan fingerprint density at radius 2 is 2.29 bits per heavy atom. The molecule has 5 heterocycles. The summed E-state index contributed by atoms with van der Waals surface area (Å²) in [5.41, 5.74) is -0.526. The molecule has 24 heavy (non-hydrogen) atoms. The Morgan fingerprint density at radius 1 is 1.46 bits per heavy atom. The summed E-state index contributed by atoms with van der Waals surface area (Å²) in [5, 5.41) is 14.0. The number of hydrogen-bond acceptors (Lipinski definition) is 6. The van der Waals surface area contributed by atoms with Crippen LogP contribution in [0.3, 0.4) is 0 Å². The average molecular weight is 347 g/mol. The molecule has 0 saturated carbocycles. The van der Waals surface area contributed by atoms with Crippen molar-refractivity contribution in [1.29, 1.82) is 0 Å². The van der Waals surface area contributed by atoms with E-state index in [1.165, 1.54) is 11.3 Å². The number of aromatic nitrogens is 2. The molecule has 2 aromatic heterocycles. The van der Waals surface area contributed by atoms with Crippen molar-refractivity contribution >= 4 is 17.3 Å². The highest BCUT2D eigenvalue weighted by Crippen LogP contribution is 2.34. The normalized spacial score (nSPS) is 28.5. The van der Waals surface area contributed by atoms with E-state index in [0.717, 1.165) is 38.0 Å². The van der Waals surface area contributed by atoms with Crippen molar-refractivity contribution in [2.24, 2.45) is 5.92 Å². The number of hydrogen-bond donors (Lipinski definition) is 1. The molecule has 128 valence electrons. The number of esters is 1. The van der Waals surface area contributed by atoms with Crippen molar-refractivity contribution in [3.05, 3.63) is 41.1 Å². The molecular formula is C17H21N3O3S. The number of piperidine rings is 3. The molecule has 0 amide bonds. The highest BCUT2D eigenvalue weighted by atomic mass is 32.1. The summed E-state index contributed by atoms with van der Waals surface area (Å²) < 4.78 is 7.60. The molecule has 3 aliphatic rings. The van der Waals surface area contributed by atoms with Crippen LogP contribution in [0.15, 0.2) is 35.5 Å². The van der Waals surface area contributed by atoms with Crippen molar-refractivity contribution in [3.63, 3.8) is 0 Å².